The van der Waals surface area contributed by atoms with Gasteiger partial charge in [0, 0.05) is 6.20 Å². The molecule has 1 unspecified atom stereocenters. The molecule has 0 saturated carbocycles. The Morgan fingerprint density at radius 3 is 2.50 bits per heavy atom. The molecule has 2 heterocycles. The molecule has 0 radical (unpaired) electrons. The first-order valence-corrected chi connectivity index (χ1v) is 8.67. The van der Waals surface area contributed by atoms with Gasteiger partial charge >= 0.3 is 0 Å². The summed E-state index contributed by atoms with van der Waals surface area (Å²) < 4.78 is 1.55. The molecule has 0 aliphatic heterocycles. The number of nitrogens with zero attached hydrogens (tertiary/aromatic N) is 3. The maximum Gasteiger partial charge on any atom is 0.287 e. The van der Waals surface area contributed by atoms with Crippen LogP contribution in [0.15, 0.2) is 67.4 Å². The van der Waals surface area contributed by atoms with Gasteiger partial charge in [0.25, 0.3) is 11.8 Å². The number of imidazole rings is 1. The third kappa shape index (κ3) is 4.47. The summed E-state index contributed by atoms with van der Waals surface area (Å²) >= 11 is 0. The molecule has 2 amide bonds. The number of primary amides is 1. The molecule has 142 valence electrons. The summed E-state index contributed by atoms with van der Waals surface area (Å²) in [7, 11) is 0. The number of nitrogens with one attached hydrogen (secondary N) is 1. The molecule has 28 heavy (non-hydrogen) atoms. The van der Waals surface area contributed by atoms with Crippen molar-refractivity contribution in [2.45, 2.75) is 18.9 Å². The Bertz CT molecular complexity index is 970. The van der Waals surface area contributed by atoms with Gasteiger partial charge in [0.2, 0.25) is 5.78 Å². The highest BCUT2D eigenvalue weighted by molar-refractivity contribution is 6.38. The van der Waals surface area contributed by atoms with Crippen LogP contribution in [0.1, 0.15) is 22.5 Å². The van der Waals surface area contributed by atoms with E-state index in [2.05, 4.69) is 15.3 Å². The lowest BCUT2D eigenvalue weighted by molar-refractivity contribution is -0.137. The van der Waals surface area contributed by atoms with Gasteiger partial charge < -0.3 is 11.1 Å². The summed E-state index contributed by atoms with van der Waals surface area (Å²) in [6.45, 7) is 0. The maximum absolute atomic E-state index is 12.8. The second-order valence-electron chi connectivity index (χ2n) is 6.14. The van der Waals surface area contributed by atoms with Crippen LogP contribution < -0.4 is 11.1 Å². The number of amides is 2. The minimum absolute atomic E-state index is 0.218. The second kappa shape index (κ2) is 8.72. The van der Waals surface area contributed by atoms with Crippen molar-refractivity contribution in [3.8, 4) is 5.69 Å². The van der Waals surface area contributed by atoms with E-state index in [9.17, 15) is 14.4 Å². The van der Waals surface area contributed by atoms with Gasteiger partial charge in [-0.25, -0.2) is 4.98 Å². The quantitative estimate of drug-likeness (QED) is 0.569. The Morgan fingerprint density at radius 2 is 1.82 bits per heavy atom. The van der Waals surface area contributed by atoms with Gasteiger partial charge in [0.1, 0.15) is 5.69 Å². The minimum Gasteiger partial charge on any atom is -0.363 e. The molecule has 1 atom stereocenters. The Balaban J connectivity index is 1.77. The largest absolute Gasteiger partial charge is 0.363 e. The number of benzene rings is 1. The smallest absolute Gasteiger partial charge is 0.287 e. The first kappa shape index (κ1) is 19.0. The number of rotatable bonds is 8. The Kier molecular flexibility index (Phi) is 5.91. The van der Waals surface area contributed by atoms with E-state index in [0.717, 1.165) is 5.56 Å². The van der Waals surface area contributed by atoms with Gasteiger partial charge in [-0.2, -0.15) is 0 Å². The zero-order chi connectivity index (χ0) is 19.9. The summed E-state index contributed by atoms with van der Waals surface area (Å²) in [4.78, 5) is 44.4. The number of nitrogens with two attached hydrogens (primary N) is 1. The summed E-state index contributed by atoms with van der Waals surface area (Å²) in [6, 6.07) is 11.9. The molecule has 3 aromatic rings. The van der Waals surface area contributed by atoms with E-state index in [1.165, 1.54) is 12.5 Å². The lowest BCUT2D eigenvalue weighted by Gasteiger charge is -2.17. The number of hydrogen-bond donors (Lipinski definition) is 2. The van der Waals surface area contributed by atoms with E-state index in [0.29, 0.717) is 12.1 Å². The molecule has 0 saturated heterocycles. The molecule has 0 aliphatic carbocycles. The van der Waals surface area contributed by atoms with Crippen LogP contribution in [-0.2, 0) is 16.0 Å². The minimum atomic E-state index is -1.08. The van der Waals surface area contributed by atoms with Crippen molar-refractivity contribution in [3.05, 3.63) is 78.6 Å². The molecule has 0 spiro atoms. The van der Waals surface area contributed by atoms with Gasteiger partial charge in [-0.15, -0.1) is 0 Å². The van der Waals surface area contributed by atoms with Crippen LogP contribution in [0.4, 0.5) is 0 Å². The monoisotopic (exact) mass is 377 g/mol. The molecule has 1 aromatic carbocycles. The van der Waals surface area contributed by atoms with Crippen LogP contribution in [0, 0.1) is 0 Å². The fourth-order valence-electron chi connectivity index (χ4n) is 2.79. The highest BCUT2D eigenvalue weighted by atomic mass is 16.2. The SMILES string of the molecule is NC(=O)C(=O)C(CCc1ccccc1)NC(=O)c1cncn1-c1cccnc1. The first-order chi connectivity index (χ1) is 13.6. The highest BCUT2D eigenvalue weighted by Gasteiger charge is 2.26. The first-order valence-electron chi connectivity index (χ1n) is 8.67. The van der Waals surface area contributed by atoms with Crippen LogP contribution in [0.3, 0.4) is 0 Å². The fourth-order valence-corrected chi connectivity index (χ4v) is 2.79. The topological polar surface area (TPSA) is 120 Å². The summed E-state index contributed by atoms with van der Waals surface area (Å²) in [5, 5.41) is 2.61. The molecule has 0 aliphatic rings. The Morgan fingerprint density at radius 1 is 1.04 bits per heavy atom. The number of carbonyl (C=O) groups is 3. The van der Waals surface area contributed by atoms with E-state index in [1.54, 1.807) is 29.1 Å². The van der Waals surface area contributed by atoms with Crippen molar-refractivity contribution in [2.75, 3.05) is 0 Å². The van der Waals surface area contributed by atoms with Gasteiger partial charge in [-0.1, -0.05) is 30.3 Å². The number of Topliss-reactive ketones (excluding diaryl/α,β-unsaturated/α-hetero) is 1. The summed E-state index contributed by atoms with van der Waals surface area (Å²) in [5.41, 5.74) is 7.00. The molecular weight excluding hydrogens is 358 g/mol. The number of aromatic nitrogens is 3. The van der Waals surface area contributed by atoms with Crippen molar-refractivity contribution >= 4 is 17.6 Å². The van der Waals surface area contributed by atoms with E-state index < -0.39 is 23.6 Å². The van der Waals surface area contributed by atoms with Crippen molar-refractivity contribution in [3.63, 3.8) is 0 Å². The number of aryl methyl sites for hydroxylation is 1. The standard InChI is InChI=1S/C20H19N5O3/c21-19(27)18(26)16(9-8-14-5-2-1-3-6-14)24-20(28)17-12-23-13-25(17)15-7-4-10-22-11-15/h1-7,10-13,16H,8-9H2,(H2,21,27)(H,24,28). The average Bonchev–Trinajstić information content (AvgIpc) is 3.22. The summed E-state index contributed by atoms with van der Waals surface area (Å²) in [5.74, 6) is -2.45. The van der Waals surface area contributed by atoms with Gasteiger partial charge in [0.05, 0.1) is 30.5 Å². The molecule has 0 fully saturated rings. The van der Waals surface area contributed by atoms with Gasteiger partial charge in [-0.3, -0.25) is 23.9 Å². The van der Waals surface area contributed by atoms with Crippen molar-refractivity contribution in [2.24, 2.45) is 5.73 Å². The lowest BCUT2D eigenvalue weighted by Crippen LogP contribution is -2.46. The predicted molar refractivity (Wildman–Crippen MR) is 102 cm³/mol. The van der Waals surface area contributed by atoms with Crippen LogP contribution in [0.2, 0.25) is 0 Å². The molecule has 0 bridgehead atoms. The van der Waals surface area contributed by atoms with Crippen molar-refractivity contribution < 1.29 is 14.4 Å². The van der Waals surface area contributed by atoms with E-state index in [1.807, 2.05) is 30.3 Å². The number of ketones is 1. The van der Waals surface area contributed by atoms with Crippen LogP contribution in [0.25, 0.3) is 5.69 Å². The Hall–Kier alpha value is -3.81. The van der Waals surface area contributed by atoms with E-state index in [4.69, 9.17) is 5.73 Å². The Labute approximate surface area is 161 Å². The molecule has 8 nitrogen and oxygen atoms in total. The highest BCUT2D eigenvalue weighted by Crippen LogP contribution is 2.11. The number of hydrogen-bond acceptors (Lipinski definition) is 5. The molecule has 8 heteroatoms. The third-order valence-electron chi connectivity index (χ3n) is 4.22. The van der Waals surface area contributed by atoms with Crippen LogP contribution in [-0.4, -0.2) is 38.2 Å². The van der Waals surface area contributed by atoms with Crippen LogP contribution in [0.5, 0.6) is 0 Å². The van der Waals surface area contributed by atoms with Crippen molar-refractivity contribution in [1.29, 1.82) is 0 Å². The van der Waals surface area contributed by atoms with E-state index >= 15 is 0 Å². The van der Waals surface area contributed by atoms with Crippen molar-refractivity contribution in [1.82, 2.24) is 19.9 Å². The van der Waals surface area contributed by atoms with Crippen LogP contribution >= 0.6 is 0 Å². The molecule has 3 N–H and O–H groups in total. The number of pyridine rings is 1. The maximum atomic E-state index is 12.8. The fraction of sp³-hybridized carbons (Fsp3) is 0.150. The lowest BCUT2D eigenvalue weighted by atomic mass is 10.0. The average molecular weight is 377 g/mol. The normalized spacial score (nSPS) is 11.6. The predicted octanol–water partition coefficient (Wildman–Crippen LogP) is 1.05. The molecule has 2 aromatic heterocycles. The van der Waals surface area contributed by atoms with E-state index in [-0.39, 0.29) is 12.1 Å². The molecule has 3 rings (SSSR count). The zero-order valence-electron chi connectivity index (χ0n) is 15.0. The third-order valence-corrected chi connectivity index (χ3v) is 4.22. The van der Waals surface area contributed by atoms with Gasteiger partial charge in [-0.05, 0) is 30.5 Å². The number of carbonyl (C=O) groups excluding carboxylic acids is 3. The zero-order valence-corrected chi connectivity index (χ0v) is 15.0. The second-order valence-corrected chi connectivity index (χ2v) is 6.14. The summed E-state index contributed by atoms with van der Waals surface area (Å²) in [6.07, 6.45) is 6.81. The van der Waals surface area contributed by atoms with Gasteiger partial charge in [0.15, 0.2) is 0 Å². The molecular formula is C20H19N5O3.